The number of nitrogens with zero attached hydrogens (tertiary/aromatic N) is 4. The number of halogens is 3. The zero-order valence-corrected chi connectivity index (χ0v) is 8.48. The van der Waals surface area contributed by atoms with Crippen LogP contribution in [0, 0.1) is 0 Å². The summed E-state index contributed by atoms with van der Waals surface area (Å²) in [5.74, 6) is 0.255. The third-order valence-electron chi connectivity index (χ3n) is 1.54. The van der Waals surface area contributed by atoms with Crippen LogP contribution in [0.2, 0.25) is 0 Å². The number of ether oxygens (including phenoxy) is 1. The normalized spacial score (nSPS) is 14.1. The number of aliphatic hydroxyl groups is 1. The van der Waals surface area contributed by atoms with Crippen molar-refractivity contribution in [2.75, 3.05) is 13.2 Å². The Balaban J connectivity index is 2.23. The molecular formula is C7H11F3N4O2. The Kier molecular flexibility index (Phi) is 4.19. The Hall–Kier alpha value is -1.22. The van der Waals surface area contributed by atoms with Gasteiger partial charge in [-0.1, -0.05) is 0 Å². The van der Waals surface area contributed by atoms with Crippen molar-refractivity contribution in [3.63, 3.8) is 0 Å². The van der Waals surface area contributed by atoms with E-state index in [0.29, 0.717) is 0 Å². The molecule has 1 rings (SSSR count). The molecule has 1 aromatic heterocycles. The van der Waals surface area contributed by atoms with Crippen LogP contribution in [0.1, 0.15) is 5.82 Å². The summed E-state index contributed by atoms with van der Waals surface area (Å²) in [6, 6.07) is 0. The molecule has 0 radical (unpaired) electrons. The standard InChI is InChI=1S/C7H11F3N4O2/c1-14-12-6(11-13-14)2-5(15)3-16-4-7(8,9)10/h5,15H,2-4H2,1H3. The van der Waals surface area contributed by atoms with E-state index in [1.54, 1.807) is 7.05 Å². The van der Waals surface area contributed by atoms with E-state index in [9.17, 15) is 18.3 Å². The minimum absolute atomic E-state index is 0.00565. The Labute approximate surface area is 89.0 Å². The van der Waals surface area contributed by atoms with Crippen LogP contribution in [0.5, 0.6) is 0 Å². The number of aromatic nitrogens is 4. The van der Waals surface area contributed by atoms with E-state index in [1.165, 1.54) is 4.80 Å². The van der Waals surface area contributed by atoms with E-state index in [-0.39, 0.29) is 12.2 Å². The number of tetrazole rings is 1. The molecule has 6 nitrogen and oxygen atoms in total. The lowest BCUT2D eigenvalue weighted by molar-refractivity contribution is -0.179. The van der Waals surface area contributed by atoms with E-state index in [0.717, 1.165) is 0 Å². The van der Waals surface area contributed by atoms with Crippen LogP contribution < -0.4 is 0 Å². The summed E-state index contributed by atoms with van der Waals surface area (Å²) < 4.78 is 39.4. The van der Waals surface area contributed by atoms with Crippen molar-refractivity contribution in [2.45, 2.75) is 18.7 Å². The van der Waals surface area contributed by atoms with Gasteiger partial charge in [0.15, 0.2) is 5.82 Å². The number of hydrogen-bond donors (Lipinski definition) is 1. The topological polar surface area (TPSA) is 73.1 Å². The van der Waals surface area contributed by atoms with Crippen LogP contribution in [0.25, 0.3) is 0 Å². The molecule has 0 aromatic carbocycles. The van der Waals surface area contributed by atoms with Crippen LogP contribution in [-0.4, -0.2) is 50.8 Å². The Morgan fingerprint density at radius 3 is 2.69 bits per heavy atom. The first kappa shape index (κ1) is 12.8. The molecule has 9 heteroatoms. The van der Waals surface area contributed by atoms with E-state index >= 15 is 0 Å². The van der Waals surface area contributed by atoms with Gasteiger partial charge < -0.3 is 9.84 Å². The summed E-state index contributed by atoms with van der Waals surface area (Å²) in [5, 5.41) is 20.2. The maximum atomic E-state index is 11.7. The van der Waals surface area contributed by atoms with Gasteiger partial charge >= 0.3 is 6.18 Å². The van der Waals surface area contributed by atoms with Crippen molar-refractivity contribution in [3.8, 4) is 0 Å². The largest absolute Gasteiger partial charge is 0.411 e. The Morgan fingerprint density at radius 2 is 2.19 bits per heavy atom. The van der Waals surface area contributed by atoms with Crippen LogP contribution in [-0.2, 0) is 18.2 Å². The second-order valence-corrected chi connectivity index (χ2v) is 3.18. The summed E-state index contributed by atoms with van der Waals surface area (Å²) in [4.78, 5) is 1.19. The summed E-state index contributed by atoms with van der Waals surface area (Å²) in [6.07, 6.45) is -5.46. The molecule has 1 heterocycles. The predicted molar refractivity (Wildman–Crippen MR) is 45.4 cm³/mol. The minimum Gasteiger partial charge on any atom is -0.390 e. The lowest BCUT2D eigenvalue weighted by atomic mass is 10.2. The molecule has 0 saturated heterocycles. The molecule has 0 aliphatic heterocycles. The second kappa shape index (κ2) is 5.21. The third kappa shape index (κ3) is 5.03. The van der Waals surface area contributed by atoms with Crippen LogP contribution in [0.4, 0.5) is 13.2 Å². The number of rotatable bonds is 5. The average molecular weight is 240 g/mol. The maximum absolute atomic E-state index is 11.7. The van der Waals surface area contributed by atoms with E-state index in [4.69, 9.17) is 0 Å². The lowest BCUT2D eigenvalue weighted by Crippen LogP contribution is -2.24. The highest BCUT2D eigenvalue weighted by Gasteiger charge is 2.27. The summed E-state index contributed by atoms with van der Waals surface area (Å²) in [6.45, 7) is -1.80. The van der Waals surface area contributed by atoms with Crippen LogP contribution >= 0.6 is 0 Å². The first-order chi connectivity index (χ1) is 7.37. The number of aryl methyl sites for hydroxylation is 1. The van der Waals surface area contributed by atoms with Gasteiger partial charge in [0.05, 0.1) is 19.8 Å². The van der Waals surface area contributed by atoms with Gasteiger partial charge in [-0.05, 0) is 5.21 Å². The van der Waals surface area contributed by atoms with Gasteiger partial charge in [-0.2, -0.15) is 18.0 Å². The SMILES string of the molecule is Cn1nnc(CC(O)COCC(F)(F)F)n1. The predicted octanol–water partition coefficient (Wildman–Crippen LogP) is -0.308. The molecule has 92 valence electrons. The van der Waals surface area contributed by atoms with Gasteiger partial charge in [-0.3, -0.25) is 0 Å². The molecule has 1 aromatic rings. The van der Waals surface area contributed by atoms with E-state index in [2.05, 4.69) is 20.1 Å². The van der Waals surface area contributed by atoms with Gasteiger partial charge in [-0.15, -0.1) is 10.2 Å². The molecule has 1 atom stereocenters. The zero-order valence-electron chi connectivity index (χ0n) is 8.48. The first-order valence-electron chi connectivity index (χ1n) is 4.42. The highest BCUT2D eigenvalue weighted by molar-refractivity contribution is 4.80. The van der Waals surface area contributed by atoms with Gasteiger partial charge in [0.2, 0.25) is 0 Å². The Morgan fingerprint density at radius 1 is 1.50 bits per heavy atom. The molecule has 0 amide bonds. The highest BCUT2D eigenvalue weighted by Crippen LogP contribution is 2.14. The fourth-order valence-corrected chi connectivity index (χ4v) is 0.985. The summed E-state index contributed by atoms with van der Waals surface area (Å²) >= 11 is 0. The molecule has 0 spiro atoms. The fourth-order valence-electron chi connectivity index (χ4n) is 0.985. The number of alkyl halides is 3. The fraction of sp³-hybridized carbons (Fsp3) is 0.857. The molecule has 1 N–H and O–H groups in total. The monoisotopic (exact) mass is 240 g/mol. The molecule has 0 bridgehead atoms. The zero-order chi connectivity index (χ0) is 12.2. The van der Waals surface area contributed by atoms with Crippen molar-refractivity contribution in [1.82, 2.24) is 20.2 Å². The van der Waals surface area contributed by atoms with Gasteiger partial charge in [0.1, 0.15) is 6.61 Å². The number of hydrogen-bond acceptors (Lipinski definition) is 5. The number of aliphatic hydroxyl groups excluding tert-OH is 1. The second-order valence-electron chi connectivity index (χ2n) is 3.18. The summed E-state index contributed by atoms with van der Waals surface area (Å²) in [5.41, 5.74) is 0. The van der Waals surface area contributed by atoms with E-state index in [1.807, 2.05) is 0 Å². The van der Waals surface area contributed by atoms with Crippen molar-refractivity contribution in [1.29, 1.82) is 0 Å². The minimum atomic E-state index is -4.38. The van der Waals surface area contributed by atoms with E-state index < -0.39 is 25.5 Å². The molecular weight excluding hydrogens is 229 g/mol. The quantitative estimate of drug-likeness (QED) is 0.764. The lowest BCUT2D eigenvalue weighted by Gasteiger charge is -2.10. The molecule has 0 saturated carbocycles. The molecule has 16 heavy (non-hydrogen) atoms. The Bertz CT molecular complexity index is 328. The maximum Gasteiger partial charge on any atom is 0.411 e. The van der Waals surface area contributed by atoms with Crippen LogP contribution in [0.3, 0.4) is 0 Å². The van der Waals surface area contributed by atoms with Gasteiger partial charge in [0, 0.05) is 6.42 Å². The average Bonchev–Trinajstić information content (AvgIpc) is 2.48. The molecule has 0 aliphatic carbocycles. The van der Waals surface area contributed by atoms with Crippen molar-refractivity contribution < 1.29 is 23.0 Å². The summed E-state index contributed by atoms with van der Waals surface area (Å²) in [7, 11) is 1.54. The smallest absolute Gasteiger partial charge is 0.390 e. The molecule has 0 fully saturated rings. The molecule has 1 unspecified atom stereocenters. The van der Waals surface area contributed by atoms with Crippen molar-refractivity contribution >= 4 is 0 Å². The van der Waals surface area contributed by atoms with Crippen molar-refractivity contribution in [3.05, 3.63) is 5.82 Å². The van der Waals surface area contributed by atoms with Crippen LogP contribution in [0.15, 0.2) is 0 Å². The van der Waals surface area contributed by atoms with Gasteiger partial charge in [-0.25, -0.2) is 0 Å². The highest BCUT2D eigenvalue weighted by atomic mass is 19.4. The molecule has 0 aliphatic rings. The van der Waals surface area contributed by atoms with Crippen molar-refractivity contribution in [2.24, 2.45) is 7.05 Å². The first-order valence-corrected chi connectivity index (χ1v) is 4.42. The third-order valence-corrected chi connectivity index (χ3v) is 1.54. The van der Waals surface area contributed by atoms with Gasteiger partial charge in [0.25, 0.3) is 0 Å².